The highest BCUT2D eigenvalue weighted by Gasteiger charge is 1.97. The van der Waals surface area contributed by atoms with Crippen molar-refractivity contribution in [3.8, 4) is 0 Å². The zero-order valence-corrected chi connectivity index (χ0v) is 8.30. The maximum atomic E-state index is 5.68. The van der Waals surface area contributed by atoms with Crippen LogP contribution >= 0.6 is 21.7 Å². The summed E-state index contributed by atoms with van der Waals surface area (Å²) in [6.07, 6.45) is 1.07. The number of hydrogen-bond acceptors (Lipinski definition) is 1. The van der Waals surface area contributed by atoms with Crippen molar-refractivity contribution in [2.45, 2.75) is 25.2 Å². The molecule has 0 aromatic heterocycles. The summed E-state index contributed by atoms with van der Waals surface area (Å²) in [6, 6.07) is 6.41. The largest absolute Gasteiger partial charge is 0.0613 e. The third kappa shape index (κ3) is 2.14. The Hall–Kier alpha value is -0.140. The number of aryl methyl sites for hydroxylation is 2. The summed E-state index contributed by atoms with van der Waals surface area (Å²) in [5, 5.41) is 0. The Bertz CT molecular complexity index is 245. The standard InChI is InChI=1S/C9H11ClS/c1-3-8-5-4-7(2)9(6-8)11-10/h4-6H,3H2,1-2H3. The highest BCUT2D eigenvalue weighted by molar-refractivity contribution is 8.21. The van der Waals surface area contributed by atoms with Crippen LogP contribution < -0.4 is 0 Å². The molecule has 0 amide bonds. The molecule has 0 N–H and O–H groups in total. The second kappa shape index (κ2) is 4.03. The van der Waals surface area contributed by atoms with E-state index in [1.54, 1.807) is 0 Å². The van der Waals surface area contributed by atoms with Crippen LogP contribution in [-0.4, -0.2) is 0 Å². The van der Waals surface area contributed by atoms with E-state index in [1.807, 2.05) is 0 Å². The van der Waals surface area contributed by atoms with Gasteiger partial charge in [-0.2, -0.15) is 0 Å². The second-order valence-corrected chi connectivity index (χ2v) is 3.59. The molecule has 60 valence electrons. The van der Waals surface area contributed by atoms with Crippen molar-refractivity contribution in [3.63, 3.8) is 0 Å². The van der Waals surface area contributed by atoms with E-state index in [0.29, 0.717) is 0 Å². The van der Waals surface area contributed by atoms with Crippen molar-refractivity contribution >= 4 is 21.7 Å². The fraction of sp³-hybridized carbons (Fsp3) is 0.333. The van der Waals surface area contributed by atoms with Crippen LogP contribution in [0.5, 0.6) is 0 Å². The van der Waals surface area contributed by atoms with Crippen molar-refractivity contribution in [3.05, 3.63) is 29.3 Å². The zero-order chi connectivity index (χ0) is 8.27. The average Bonchev–Trinajstić information content (AvgIpc) is 2.05. The molecule has 0 saturated carbocycles. The van der Waals surface area contributed by atoms with Gasteiger partial charge in [0.25, 0.3) is 0 Å². The molecule has 0 heterocycles. The van der Waals surface area contributed by atoms with Crippen LogP contribution in [-0.2, 0) is 6.42 Å². The Morgan fingerprint density at radius 1 is 1.45 bits per heavy atom. The lowest BCUT2D eigenvalue weighted by Gasteiger charge is -2.02. The molecule has 0 aliphatic rings. The third-order valence-corrected chi connectivity index (χ3v) is 2.85. The van der Waals surface area contributed by atoms with Crippen molar-refractivity contribution in [2.75, 3.05) is 0 Å². The highest BCUT2D eigenvalue weighted by atomic mass is 35.7. The van der Waals surface area contributed by atoms with Crippen LogP contribution in [0.15, 0.2) is 23.1 Å². The van der Waals surface area contributed by atoms with Gasteiger partial charge < -0.3 is 0 Å². The van der Waals surface area contributed by atoms with Crippen LogP contribution in [0.2, 0.25) is 0 Å². The van der Waals surface area contributed by atoms with Gasteiger partial charge >= 0.3 is 0 Å². The molecule has 0 unspecified atom stereocenters. The molecule has 0 bridgehead atoms. The Morgan fingerprint density at radius 2 is 2.18 bits per heavy atom. The quantitative estimate of drug-likeness (QED) is 0.677. The summed E-state index contributed by atoms with van der Waals surface area (Å²) >= 11 is 0. The molecule has 0 spiro atoms. The first-order valence-corrected chi connectivity index (χ1v) is 5.30. The number of halogens is 1. The van der Waals surface area contributed by atoms with E-state index in [1.165, 1.54) is 27.0 Å². The number of rotatable bonds is 2. The van der Waals surface area contributed by atoms with Gasteiger partial charge in [-0.1, -0.05) is 19.1 Å². The molecule has 0 aliphatic carbocycles. The third-order valence-electron chi connectivity index (χ3n) is 1.74. The summed E-state index contributed by atoms with van der Waals surface area (Å²) in [5.41, 5.74) is 2.60. The fourth-order valence-electron chi connectivity index (χ4n) is 0.948. The van der Waals surface area contributed by atoms with Gasteiger partial charge in [-0.15, -0.1) is 0 Å². The van der Waals surface area contributed by atoms with E-state index < -0.39 is 0 Å². The molecular formula is C9H11ClS. The Kier molecular flexibility index (Phi) is 3.28. The molecule has 1 rings (SSSR count). The molecule has 1 aromatic rings. The van der Waals surface area contributed by atoms with E-state index in [-0.39, 0.29) is 0 Å². The summed E-state index contributed by atoms with van der Waals surface area (Å²) in [4.78, 5) is 1.17. The van der Waals surface area contributed by atoms with Crippen LogP contribution in [0.3, 0.4) is 0 Å². The average molecular weight is 187 g/mol. The first kappa shape index (κ1) is 8.95. The maximum Gasteiger partial charge on any atom is 0.0265 e. The molecule has 1 aromatic carbocycles. The topological polar surface area (TPSA) is 0 Å². The van der Waals surface area contributed by atoms with Gasteiger partial charge in [0.2, 0.25) is 0 Å². The number of hydrogen-bond donors (Lipinski definition) is 0. The fourth-order valence-corrected chi connectivity index (χ4v) is 1.83. The van der Waals surface area contributed by atoms with E-state index in [2.05, 4.69) is 32.0 Å². The van der Waals surface area contributed by atoms with Crippen molar-refractivity contribution in [1.82, 2.24) is 0 Å². The van der Waals surface area contributed by atoms with Gasteiger partial charge in [0.15, 0.2) is 0 Å². The monoisotopic (exact) mass is 186 g/mol. The van der Waals surface area contributed by atoms with E-state index >= 15 is 0 Å². The summed E-state index contributed by atoms with van der Waals surface area (Å²) in [5.74, 6) is 0. The molecule has 0 saturated heterocycles. The first-order valence-electron chi connectivity index (χ1n) is 3.66. The van der Waals surface area contributed by atoms with Crippen molar-refractivity contribution in [1.29, 1.82) is 0 Å². The SMILES string of the molecule is CCc1ccc(C)c(SCl)c1. The normalized spacial score (nSPS) is 10.1. The molecule has 0 radical (unpaired) electrons. The lowest BCUT2D eigenvalue weighted by molar-refractivity contribution is 1.11. The van der Waals surface area contributed by atoms with Crippen LogP contribution in [0.4, 0.5) is 0 Å². The first-order chi connectivity index (χ1) is 5.27. The highest BCUT2D eigenvalue weighted by Crippen LogP contribution is 2.26. The van der Waals surface area contributed by atoms with Gasteiger partial charge in [-0.25, -0.2) is 0 Å². The summed E-state index contributed by atoms with van der Waals surface area (Å²) in [7, 11) is 6.97. The van der Waals surface area contributed by atoms with Crippen LogP contribution in [0.25, 0.3) is 0 Å². The lowest BCUT2D eigenvalue weighted by atomic mass is 10.1. The summed E-state index contributed by atoms with van der Waals surface area (Å²) in [6.45, 7) is 4.22. The van der Waals surface area contributed by atoms with Gasteiger partial charge in [-0.05, 0) is 52.2 Å². The lowest BCUT2D eigenvalue weighted by Crippen LogP contribution is -1.82. The minimum atomic E-state index is 1.07. The van der Waals surface area contributed by atoms with Crippen LogP contribution in [0, 0.1) is 6.92 Å². The predicted octanol–water partition coefficient (Wildman–Crippen LogP) is 3.80. The van der Waals surface area contributed by atoms with E-state index in [0.717, 1.165) is 6.42 Å². The number of benzene rings is 1. The summed E-state index contributed by atoms with van der Waals surface area (Å²) < 4.78 is 0. The molecule has 0 fully saturated rings. The Balaban J connectivity index is 3.02. The maximum absolute atomic E-state index is 5.68. The smallest absolute Gasteiger partial charge is 0.0265 e. The van der Waals surface area contributed by atoms with Gasteiger partial charge in [-0.3, -0.25) is 0 Å². The predicted molar refractivity (Wildman–Crippen MR) is 52.3 cm³/mol. The zero-order valence-electron chi connectivity index (χ0n) is 6.73. The van der Waals surface area contributed by atoms with Gasteiger partial charge in [0, 0.05) is 4.90 Å². The van der Waals surface area contributed by atoms with Crippen molar-refractivity contribution < 1.29 is 0 Å². The van der Waals surface area contributed by atoms with Crippen LogP contribution in [0.1, 0.15) is 18.1 Å². The molecule has 2 heteroatoms. The minimum Gasteiger partial charge on any atom is -0.0613 e. The van der Waals surface area contributed by atoms with E-state index in [9.17, 15) is 0 Å². The molecule has 11 heavy (non-hydrogen) atoms. The molecular weight excluding hydrogens is 176 g/mol. The molecule has 0 aliphatic heterocycles. The minimum absolute atomic E-state index is 1.07. The van der Waals surface area contributed by atoms with Gasteiger partial charge in [0.05, 0.1) is 0 Å². The molecule has 0 atom stereocenters. The van der Waals surface area contributed by atoms with Gasteiger partial charge in [0.1, 0.15) is 0 Å². The van der Waals surface area contributed by atoms with E-state index in [4.69, 9.17) is 10.7 Å². The molecule has 0 nitrogen and oxygen atoms in total. The Morgan fingerprint density at radius 3 is 2.73 bits per heavy atom. The Labute approximate surface area is 76.5 Å². The van der Waals surface area contributed by atoms with Crippen molar-refractivity contribution in [2.24, 2.45) is 0 Å². The second-order valence-electron chi connectivity index (χ2n) is 2.53.